The Bertz CT molecular complexity index is 580. The van der Waals surface area contributed by atoms with Gasteiger partial charge in [-0.1, -0.05) is 6.07 Å². The van der Waals surface area contributed by atoms with Gasteiger partial charge in [-0.3, -0.25) is 9.59 Å². The van der Waals surface area contributed by atoms with Gasteiger partial charge < -0.3 is 15.3 Å². The van der Waals surface area contributed by atoms with Gasteiger partial charge in [0, 0.05) is 5.56 Å². The van der Waals surface area contributed by atoms with E-state index in [1.54, 1.807) is 0 Å². The minimum Gasteiger partial charge on any atom is -0.386 e. The van der Waals surface area contributed by atoms with E-state index in [0.29, 0.717) is 19.0 Å². The van der Waals surface area contributed by atoms with E-state index < -0.39 is 17.3 Å². The van der Waals surface area contributed by atoms with Crippen molar-refractivity contribution in [1.82, 2.24) is 10.2 Å². The van der Waals surface area contributed by atoms with Crippen LogP contribution in [0.5, 0.6) is 0 Å². The maximum Gasteiger partial charge on any atom is 0.251 e. The lowest BCUT2D eigenvalue weighted by Crippen LogP contribution is -2.65. The molecule has 1 aromatic carbocycles. The van der Waals surface area contributed by atoms with Crippen molar-refractivity contribution in [1.29, 1.82) is 0 Å². The molecule has 1 aromatic rings. The van der Waals surface area contributed by atoms with Crippen molar-refractivity contribution in [3.05, 3.63) is 35.6 Å². The van der Waals surface area contributed by atoms with Crippen molar-refractivity contribution in [2.45, 2.75) is 18.4 Å². The maximum absolute atomic E-state index is 13.0. The second kappa shape index (κ2) is 5.11. The van der Waals surface area contributed by atoms with Crippen LogP contribution in [0.25, 0.3) is 0 Å². The number of rotatable bonds is 4. The Labute approximate surface area is 121 Å². The summed E-state index contributed by atoms with van der Waals surface area (Å²) in [6, 6.07) is 5.30. The SMILES string of the molecule is O=C(NCC(=O)N1CC(O)(C2CC2)C1)c1cccc(F)c1. The van der Waals surface area contributed by atoms with Crippen molar-refractivity contribution >= 4 is 11.8 Å². The predicted molar refractivity (Wildman–Crippen MR) is 73.0 cm³/mol. The molecule has 1 heterocycles. The smallest absolute Gasteiger partial charge is 0.251 e. The second-order valence-corrected chi connectivity index (χ2v) is 5.82. The van der Waals surface area contributed by atoms with Crippen LogP contribution in [0, 0.1) is 11.7 Å². The topological polar surface area (TPSA) is 69.6 Å². The first-order valence-corrected chi connectivity index (χ1v) is 7.02. The van der Waals surface area contributed by atoms with Crippen LogP contribution in [0.15, 0.2) is 24.3 Å². The van der Waals surface area contributed by atoms with E-state index in [1.165, 1.54) is 23.1 Å². The van der Waals surface area contributed by atoms with Crippen LogP contribution >= 0.6 is 0 Å². The number of halogens is 1. The molecule has 21 heavy (non-hydrogen) atoms. The summed E-state index contributed by atoms with van der Waals surface area (Å²) >= 11 is 0. The van der Waals surface area contributed by atoms with Gasteiger partial charge in [-0.05, 0) is 37.0 Å². The number of benzene rings is 1. The molecule has 2 fully saturated rings. The van der Waals surface area contributed by atoms with E-state index in [1.807, 2.05) is 0 Å². The van der Waals surface area contributed by atoms with Crippen molar-refractivity contribution in [3.8, 4) is 0 Å². The summed E-state index contributed by atoms with van der Waals surface area (Å²) in [5.74, 6) is -0.888. The molecule has 0 radical (unpaired) electrons. The Morgan fingerprint density at radius 3 is 2.71 bits per heavy atom. The minimum absolute atomic E-state index is 0.143. The van der Waals surface area contributed by atoms with Crippen LogP contribution in [0.4, 0.5) is 4.39 Å². The molecule has 112 valence electrons. The molecule has 0 spiro atoms. The van der Waals surface area contributed by atoms with Gasteiger partial charge >= 0.3 is 0 Å². The molecular formula is C15H17FN2O3. The van der Waals surface area contributed by atoms with E-state index >= 15 is 0 Å². The summed E-state index contributed by atoms with van der Waals surface area (Å²) in [7, 11) is 0. The molecule has 1 aliphatic heterocycles. The first-order chi connectivity index (χ1) is 9.98. The summed E-state index contributed by atoms with van der Waals surface area (Å²) in [6.07, 6.45) is 2.05. The highest BCUT2D eigenvalue weighted by Crippen LogP contribution is 2.44. The first kappa shape index (κ1) is 14.0. The van der Waals surface area contributed by atoms with E-state index in [9.17, 15) is 19.1 Å². The third-order valence-corrected chi connectivity index (χ3v) is 4.11. The number of carbonyl (C=O) groups excluding carboxylic acids is 2. The molecule has 1 saturated carbocycles. The zero-order valence-electron chi connectivity index (χ0n) is 11.5. The van der Waals surface area contributed by atoms with Crippen molar-refractivity contribution in [2.24, 2.45) is 5.92 Å². The normalized spacial score (nSPS) is 19.8. The number of β-amino-alcohol motifs (C(OH)–C–C–N with tert-alkyl or cyclic N) is 1. The molecule has 3 rings (SSSR count). The molecule has 2 aliphatic rings. The second-order valence-electron chi connectivity index (χ2n) is 5.82. The molecule has 0 atom stereocenters. The Hall–Kier alpha value is -1.95. The first-order valence-electron chi connectivity index (χ1n) is 7.02. The van der Waals surface area contributed by atoms with Gasteiger partial charge in [-0.2, -0.15) is 0 Å². The molecule has 1 saturated heterocycles. The van der Waals surface area contributed by atoms with Crippen LogP contribution in [0.3, 0.4) is 0 Å². The Kier molecular flexibility index (Phi) is 3.41. The van der Waals surface area contributed by atoms with Gasteiger partial charge in [0.25, 0.3) is 5.91 Å². The summed E-state index contributed by atoms with van der Waals surface area (Å²) in [4.78, 5) is 25.2. The van der Waals surface area contributed by atoms with Gasteiger partial charge in [-0.25, -0.2) is 4.39 Å². The number of nitrogens with zero attached hydrogens (tertiary/aromatic N) is 1. The number of amides is 2. The fourth-order valence-corrected chi connectivity index (χ4v) is 2.67. The summed E-state index contributed by atoms with van der Waals surface area (Å²) in [6.45, 7) is 0.536. The van der Waals surface area contributed by atoms with Crippen LogP contribution in [-0.2, 0) is 4.79 Å². The van der Waals surface area contributed by atoms with Crippen molar-refractivity contribution in [3.63, 3.8) is 0 Å². The highest BCUT2D eigenvalue weighted by molar-refractivity contribution is 5.96. The maximum atomic E-state index is 13.0. The van der Waals surface area contributed by atoms with Crippen LogP contribution in [-0.4, -0.2) is 47.1 Å². The van der Waals surface area contributed by atoms with Crippen LogP contribution in [0.1, 0.15) is 23.2 Å². The van der Waals surface area contributed by atoms with Gasteiger partial charge in [0.2, 0.25) is 5.91 Å². The van der Waals surface area contributed by atoms with E-state index in [2.05, 4.69) is 5.32 Å². The minimum atomic E-state index is -0.720. The zero-order chi connectivity index (χ0) is 15.0. The van der Waals surface area contributed by atoms with E-state index in [4.69, 9.17) is 0 Å². The fraction of sp³-hybridized carbons (Fsp3) is 0.467. The predicted octanol–water partition coefficient (Wildman–Crippen LogP) is 0.539. The van der Waals surface area contributed by atoms with E-state index in [0.717, 1.165) is 18.9 Å². The van der Waals surface area contributed by atoms with Crippen LogP contribution < -0.4 is 5.32 Å². The van der Waals surface area contributed by atoms with Gasteiger partial charge in [0.1, 0.15) is 11.4 Å². The van der Waals surface area contributed by atoms with E-state index in [-0.39, 0.29) is 18.0 Å². The van der Waals surface area contributed by atoms with Crippen molar-refractivity contribution < 1.29 is 19.1 Å². The lowest BCUT2D eigenvalue weighted by molar-refractivity contribution is -0.158. The number of nitrogens with one attached hydrogen (secondary N) is 1. The van der Waals surface area contributed by atoms with Gasteiger partial charge in [0.15, 0.2) is 0 Å². The molecular weight excluding hydrogens is 275 g/mol. The zero-order valence-corrected chi connectivity index (χ0v) is 11.5. The molecule has 0 aromatic heterocycles. The highest BCUT2D eigenvalue weighted by Gasteiger charge is 2.53. The monoisotopic (exact) mass is 292 g/mol. The lowest BCUT2D eigenvalue weighted by Gasteiger charge is -2.47. The number of likely N-dealkylation sites (tertiary alicyclic amines) is 1. The molecule has 2 amide bonds. The molecule has 0 bridgehead atoms. The number of hydrogen-bond acceptors (Lipinski definition) is 3. The van der Waals surface area contributed by atoms with Gasteiger partial charge in [-0.15, -0.1) is 0 Å². The number of carbonyl (C=O) groups is 2. The highest BCUT2D eigenvalue weighted by atomic mass is 19.1. The Morgan fingerprint density at radius 1 is 1.38 bits per heavy atom. The third kappa shape index (κ3) is 2.90. The Morgan fingerprint density at radius 2 is 2.10 bits per heavy atom. The standard InChI is InChI=1S/C15H17FN2O3/c16-12-3-1-2-10(6-12)14(20)17-7-13(19)18-8-15(21,9-18)11-4-5-11/h1-3,6,11,21H,4-5,7-9H2,(H,17,20). The average molecular weight is 292 g/mol. The molecule has 6 heteroatoms. The van der Waals surface area contributed by atoms with Crippen LogP contribution in [0.2, 0.25) is 0 Å². The fourth-order valence-electron chi connectivity index (χ4n) is 2.67. The molecule has 2 N–H and O–H groups in total. The largest absolute Gasteiger partial charge is 0.386 e. The lowest BCUT2D eigenvalue weighted by atomic mass is 9.89. The van der Waals surface area contributed by atoms with Crippen molar-refractivity contribution in [2.75, 3.05) is 19.6 Å². The number of aliphatic hydroxyl groups is 1. The quantitative estimate of drug-likeness (QED) is 0.851. The number of hydrogen-bond donors (Lipinski definition) is 2. The van der Waals surface area contributed by atoms with Gasteiger partial charge in [0.05, 0.1) is 19.6 Å². The third-order valence-electron chi connectivity index (χ3n) is 4.11. The summed E-state index contributed by atoms with van der Waals surface area (Å²) < 4.78 is 13.0. The Balaban J connectivity index is 1.47. The molecule has 0 unspecified atom stereocenters. The molecule has 1 aliphatic carbocycles. The summed E-state index contributed by atoms with van der Waals surface area (Å²) in [5.41, 5.74) is -0.539. The molecule has 5 nitrogen and oxygen atoms in total. The average Bonchev–Trinajstić information content (AvgIpc) is 3.25. The summed E-state index contributed by atoms with van der Waals surface area (Å²) in [5, 5.41) is 12.6.